The second-order valence-corrected chi connectivity index (χ2v) is 4.58. The summed E-state index contributed by atoms with van der Waals surface area (Å²) in [5.41, 5.74) is 2.43. The van der Waals surface area contributed by atoms with E-state index in [-0.39, 0.29) is 5.60 Å². The van der Waals surface area contributed by atoms with Crippen LogP contribution in [0, 0.1) is 6.92 Å². The summed E-state index contributed by atoms with van der Waals surface area (Å²) in [7, 11) is 0. The summed E-state index contributed by atoms with van der Waals surface area (Å²) in [4.78, 5) is 0. The van der Waals surface area contributed by atoms with Gasteiger partial charge in [0, 0.05) is 12.0 Å². The Bertz CT molecular complexity index is 422. The topological polar surface area (TPSA) is 41.8 Å². The number of oxime groups is 1. The van der Waals surface area contributed by atoms with Crippen molar-refractivity contribution >= 4 is 5.71 Å². The first-order valence-electron chi connectivity index (χ1n) is 5.03. The minimum Gasteiger partial charge on any atom is -0.487 e. The van der Waals surface area contributed by atoms with Crippen LogP contribution in [0.25, 0.3) is 0 Å². The van der Waals surface area contributed by atoms with Crippen LogP contribution in [0.15, 0.2) is 23.4 Å². The third-order valence-electron chi connectivity index (χ3n) is 2.55. The van der Waals surface area contributed by atoms with Crippen LogP contribution in [0.1, 0.15) is 31.4 Å². The maximum atomic E-state index is 8.99. The van der Waals surface area contributed by atoms with Gasteiger partial charge in [0.2, 0.25) is 0 Å². The Morgan fingerprint density at radius 3 is 2.80 bits per heavy atom. The molecule has 0 saturated heterocycles. The number of hydrogen-bond acceptors (Lipinski definition) is 3. The van der Waals surface area contributed by atoms with Gasteiger partial charge >= 0.3 is 0 Å². The standard InChI is InChI=1S/C12H15NO2/c1-8-4-5-11-9(6-8)10(13-14)7-12(2,3)15-11/h4-6,14H,7H2,1-3H3/b13-10+. The molecular weight excluding hydrogens is 190 g/mol. The Morgan fingerprint density at radius 2 is 2.13 bits per heavy atom. The van der Waals surface area contributed by atoms with Crippen molar-refractivity contribution in [1.82, 2.24) is 0 Å². The molecule has 0 spiro atoms. The molecule has 1 N–H and O–H groups in total. The highest BCUT2D eigenvalue weighted by atomic mass is 16.5. The first kappa shape index (κ1) is 10.0. The van der Waals surface area contributed by atoms with Gasteiger partial charge in [-0.1, -0.05) is 16.8 Å². The molecule has 0 saturated carbocycles. The number of aryl methyl sites for hydroxylation is 1. The van der Waals surface area contributed by atoms with Crippen molar-refractivity contribution in [3.63, 3.8) is 0 Å². The van der Waals surface area contributed by atoms with E-state index in [4.69, 9.17) is 9.94 Å². The second-order valence-electron chi connectivity index (χ2n) is 4.58. The molecule has 1 aliphatic heterocycles. The first-order chi connectivity index (χ1) is 7.02. The minimum atomic E-state index is -0.302. The van der Waals surface area contributed by atoms with E-state index in [1.165, 1.54) is 0 Å². The highest BCUT2D eigenvalue weighted by Crippen LogP contribution is 2.33. The number of nitrogens with zero attached hydrogens (tertiary/aromatic N) is 1. The predicted molar refractivity (Wildman–Crippen MR) is 58.8 cm³/mol. The monoisotopic (exact) mass is 205 g/mol. The SMILES string of the molecule is Cc1ccc2c(c1)/C(=N/O)CC(C)(C)O2. The Labute approximate surface area is 89.4 Å². The molecule has 1 aliphatic rings. The average Bonchev–Trinajstić information content (AvgIpc) is 2.16. The summed E-state index contributed by atoms with van der Waals surface area (Å²) in [5.74, 6) is 0.796. The molecule has 0 aromatic heterocycles. The van der Waals surface area contributed by atoms with Gasteiger partial charge < -0.3 is 9.94 Å². The second kappa shape index (κ2) is 3.26. The van der Waals surface area contributed by atoms with Gasteiger partial charge in [0.15, 0.2) is 0 Å². The fourth-order valence-corrected chi connectivity index (χ4v) is 1.88. The molecule has 0 bridgehead atoms. The smallest absolute Gasteiger partial charge is 0.129 e. The molecule has 2 rings (SSSR count). The lowest BCUT2D eigenvalue weighted by molar-refractivity contribution is 0.109. The van der Waals surface area contributed by atoms with Crippen molar-refractivity contribution in [2.45, 2.75) is 32.8 Å². The van der Waals surface area contributed by atoms with Gasteiger partial charge in [0.1, 0.15) is 11.4 Å². The molecule has 1 aromatic carbocycles. The third-order valence-corrected chi connectivity index (χ3v) is 2.55. The van der Waals surface area contributed by atoms with E-state index in [0.29, 0.717) is 12.1 Å². The quantitative estimate of drug-likeness (QED) is 0.522. The van der Waals surface area contributed by atoms with Gasteiger partial charge in [-0.3, -0.25) is 0 Å². The van der Waals surface area contributed by atoms with Crippen LogP contribution < -0.4 is 4.74 Å². The van der Waals surface area contributed by atoms with Crippen molar-refractivity contribution in [1.29, 1.82) is 0 Å². The maximum Gasteiger partial charge on any atom is 0.129 e. The Kier molecular flexibility index (Phi) is 2.18. The number of ether oxygens (including phenoxy) is 1. The number of benzene rings is 1. The number of hydrogen-bond donors (Lipinski definition) is 1. The average molecular weight is 205 g/mol. The van der Waals surface area contributed by atoms with Gasteiger partial charge in [-0.05, 0) is 32.9 Å². The molecule has 0 atom stereocenters. The van der Waals surface area contributed by atoms with Gasteiger partial charge in [-0.25, -0.2) is 0 Å². The summed E-state index contributed by atoms with van der Waals surface area (Å²) in [5, 5.41) is 12.4. The summed E-state index contributed by atoms with van der Waals surface area (Å²) in [6.07, 6.45) is 0.625. The molecule has 0 radical (unpaired) electrons. The van der Waals surface area contributed by atoms with Gasteiger partial charge in [-0.15, -0.1) is 0 Å². The number of rotatable bonds is 0. The first-order valence-corrected chi connectivity index (χ1v) is 5.03. The van der Waals surface area contributed by atoms with Gasteiger partial charge in [0.05, 0.1) is 5.71 Å². The molecule has 0 amide bonds. The molecule has 1 heterocycles. The number of fused-ring (bicyclic) bond motifs is 1. The van der Waals surface area contributed by atoms with E-state index in [1.807, 2.05) is 39.0 Å². The van der Waals surface area contributed by atoms with Crippen LogP contribution in [0.5, 0.6) is 5.75 Å². The van der Waals surface area contributed by atoms with Crippen LogP contribution in [-0.2, 0) is 0 Å². The van der Waals surface area contributed by atoms with Crippen molar-refractivity contribution in [2.24, 2.45) is 5.16 Å². The van der Waals surface area contributed by atoms with Crippen LogP contribution in [-0.4, -0.2) is 16.5 Å². The molecule has 0 unspecified atom stereocenters. The predicted octanol–water partition coefficient (Wildman–Crippen LogP) is 2.73. The van der Waals surface area contributed by atoms with Gasteiger partial charge in [-0.2, -0.15) is 0 Å². The molecule has 15 heavy (non-hydrogen) atoms. The van der Waals surface area contributed by atoms with Crippen LogP contribution in [0.2, 0.25) is 0 Å². The van der Waals surface area contributed by atoms with Crippen LogP contribution >= 0.6 is 0 Å². The summed E-state index contributed by atoms with van der Waals surface area (Å²) >= 11 is 0. The fraction of sp³-hybridized carbons (Fsp3) is 0.417. The lowest BCUT2D eigenvalue weighted by Gasteiger charge is -2.32. The van der Waals surface area contributed by atoms with E-state index in [2.05, 4.69) is 5.16 Å². The van der Waals surface area contributed by atoms with Crippen molar-refractivity contribution in [3.05, 3.63) is 29.3 Å². The normalized spacial score (nSPS) is 20.9. The lowest BCUT2D eigenvalue weighted by Crippen LogP contribution is -2.36. The molecule has 0 fully saturated rings. The summed E-state index contributed by atoms with van der Waals surface area (Å²) < 4.78 is 5.81. The zero-order chi connectivity index (χ0) is 11.1. The van der Waals surface area contributed by atoms with Crippen molar-refractivity contribution in [2.75, 3.05) is 0 Å². The summed E-state index contributed by atoms with van der Waals surface area (Å²) in [6, 6.07) is 5.91. The molecule has 3 nitrogen and oxygen atoms in total. The molecule has 0 aliphatic carbocycles. The fourth-order valence-electron chi connectivity index (χ4n) is 1.88. The summed E-state index contributed by atoms with van der Waals surface area (Å²) in [6.45, 7) is 5.98. The van der Waals surface area contributed by atoms with E-state index >= 15 is 0 Å². The van der Waals surface area contributed by atoms with E-state index < -0.39 is 0 Å². The van der Waals surface area contributed by atoms with Crippen molar-refractivity contribution in [3.8, 4) is 5.75 Å². The third kappa shape index (κ3) is 1.82. The molecule has 1 aromatic rings. The van der Waals surface area contributed by atoms with E-state index in [1.54, 1.807) is 0 Å². The Balaban J connectivity index is 2.55. The molecule has 3 heteroatoms. The van der Waals surface area contributed by atoms with Crippen molar-refractivity contribution < 1.29 is 9.94 Å². The minimum absolute atomic E-state index is 0.302. The lowest BCUT2D eigenvalue weighted by atomic mass is 9.92. The largest absolute Gasteiger partial charge is 0.487 e. The molecular formula is C12H15NO2. The van der Waals surface area contributed by atoms with E-state index in [9.17, 15) is 0 Å². The van der Waals surface area contributed by atoms with Gasteiger partial charge in [0.25, 0.3) is 0 Å². The Morgan fingerprint density at radius 1 is 1.40 bits per heavy atom. The highest BCUT2D eigenvalue weighted by Gasteiger charge is 2.31. The zero-order valence-corrected chi connectivity index (χ0v) is 9.24. The molecule has 80 valence electrons. The Hall–Kier alpha value is -1.51. The van der Waals surface area contributed by atoms with Crippen LogP contribution in [0.3, 0.4) is 0 Å². The maximum absolute atomic E-state index is 8.99. The van der Waals surface area contributed by atoms with E-state index in [0.717, 1.165) is 16.9 Å². The zero-order valence-electron chi connectivity index (χ0n) is 9.24. The highest BCUT2D eigenvalue weighted by molar-refractivity contribution is 6.04. The van der Waals surface area contributed by atoms with Crippen LogP contribution in [0.4, 0.5) is 0 Å².